The molecule has 1 saturated heterocycles. The quantitative estimate of drug-likeness (QED) is 0.458. The standard InChI is InChI=1S/C23H29F3N6O4S/c1-5-32-21(16(3)29-37(33,34)19-13-15(2)35-20(19)23(24,25)26)27-28-22(32)36-18-8-6-7-17(14-18)31-11-9-30(4)10-12-31/h6-8,13-14,16,29H,5,9-12H2,1-4H3/t16-/m1/s1. The van der Waals surface area contributed by atoms with Crippen molar-refractivity contribution < 1.29 is 30.7 Å². The van der Waals surface area contributed by atoms with Gasteiger partial charge in [-0.3, -0.25) is 4.57 Å². The molecular weight excluding hydrogens is 513 g/mol. The average molecular weight is 543 g/mol. The van der Waals surface area contributed by atoms with Gasteiger partial charge in [-0.05, 0) is 40.0 Å². The van der Waals surface area contributed by atoms with Gasteiger partial charge in [-0.15, -0.1) is 5.10 Å². The van der Waals surface area contributed by atoms with Crippen LogP contribution in [-0.4, -0.2) is 61.3 Å². The fraction of sp³-hybridized carbons (Fsp3) is 0.478. The highest BCUT2D eigenvalue weighted by molar-refractivity contribution is 7.89. The van der Waals surface area contributed by atoms with Crippen molar-refractivity contribution in [1.29, 1.82) is 0 Å². The Hall–Kier alpha value is -3.10. The Morgan fingerprint density at radius 3 is 2.51 bits per heavy atom. The molecule has 0 amide bonds. The maximum Gasteiger partial charge on any atom is 0.450 e. The predicted molar refractivity (Wildman–Crippen MR) is 129 cm³/mol. The molecule has 1 N–H and O–H groups in total. The Bertz CT molecular complexity index is 1350. The molecule has 0 spiro atoms. The van der Waals surface area contributed by atoms with Gasteiger partial charge in [0, 0.05) is 50.5 Å². The van der Waals surface area contributed by atoms with Crippen LogP contribution in [0.15, 0.2) is 39.6 Å². The van der Waals surface area contributed by atoms with Crippen LogP contribution in [0.2, 0.25) is 0 Å². The molecule has 0 saturated carbocycles. The van der Waals surface area contributed by atoms with Gasteiger partial charge in [0.2, 0.25) is 15.8 Å². The second-order valence-corrected chi connectivity index (χ2v) is 10.5. The van der Waals surface area contributed by atoms with Gasteiger partial charge in [0.25, 0.3) is 0 Å². The number of hydrogen-bond acceptors (Lipinski definition) is 8. The third kappa shape index (κ3) is 5.91. The molecule has 202 valence electrons. The predicted octanol–water partition coefficient (Wildman–Crippen LogP) is 3.80. The summed E-state index contributed by atoms with van der Waals surface area (Å²) in [6.45, 7) is 8.52. The second kappa shape index (κ2) is 10.3. The van der Waals surface area contributed by atoms with Crippen LogP contribution in [0.5, 0.6) is 11.8 Å². The molecule has 0 radical (unpaired) electrons. The lowest BCUT2D eigenvalue weighted by Crippen LogP contribution is -2.44. The second-order valence-electron chi connectivity index (χ2n) is 8.87. The van der Waals surface area contributed by atoms with Crippen molar-refractivity contribution in [2.75, 3.05) is 38.1 Å². The summed E-state index contributed by atoms with van der Waals surface area (Å²) in [6, 6.07) is 7.50. The minimum absolute atomic E-state index is 0.134. The first-order valence-electron chi connectivity index (χ1n) is 11.7. The number of halogens is 3. The zero-order valence-electron chi connectivity index (χ0n) is 20.9. The normalized spacial score (nSPS) is 16.2. The highest BCUT2D eigenvalue weighted by atomic mass is 32.2. The summed E-state index contributed by atoms with van der Waals surface area (Å²) in [4.78, 5) is 3.53. The minimum atomic E-state index is -4.97. The number of piperazine rings is 1. The van der Waals surface area contributed by atoms with E-state index in [1.54, 1.807) is 17.6 Å². The molecule has 4 rings (SSSR count). The number of nitrogens with one attached hydrogen (secondary N) is 1. The van der Waals surface area contributed by atoms with Crippen molar-refractivity contribution in [3.05, 3.63) is 47.7 Å². The number of benzene rings is 1. The van der Waals surface area contributed by atoms with Crippen LogP contribution in [0.25, 0.3) is 0 Å². The largest absolute Gasteiger partial charge is 0.455 e. The lowest BCUT2D eigenvalue weighted by Gasteiger charge is -2.34. The number of furan rings is 1. The van der Waals surface area contributed by atoms with Gasteiger partial charge < -0.3 is 19.0 Å². The summed E-state index contributed by atoms with van der Waals surface area (Å²) >= 11 is 0. The van der Waals surface area contributed by atoms with E-state index in [4.69, 9.17) is 4.74 Å². The highest BCUT2D eigenvalue weighted by Gasteiger charge is 2.42. The lowest BCUT2D eigenvalue weighted by atomic mass is 10.2. The van der Waals surface area contributed by atoms with Crippen LogP contribution >= 0.6 is 0 Å². The molecule has 1 aromatic carbocycles. The van der Waals surface area contributed by atoms with Crippen molar-refractivity contribution in [2.45, 2.75) is 44.4 Å². The summed E-state index contributed by atoms with van der Waals surface area (Å²) in [7, 11) is -2.51. The molecule has 1 aliphatic rings. The van der Waals surface area contributed by atoms with E-state index in [1.165, 1.54) is 13.8 Å². The average Bonchev–Trinajstić information content (AvgIpc) is 3.43. The van der Waals surface area contributed by atoms with Gasteiger partial charge >= 0.3 is 12.2 Å². The maximum atomic E-state index is 13.3. The lowest BCUT2D eigenvalue weighted by molar-refractivity contribution is -0.155. The first kappa shape index (κ1) is 26.9. The van der Waals surface area contributed by atoms with E-state index in [1.807, 2.05) is 18.2 Å². The number of anilines is 1. The van der Waals surface area contributed by atoms with Crippen LogP contribution in [-0.2, 0) is 22.7 Å². The van der Waals surface area contributed by atoms with Crippen molar-refractivity contribution in [1.82, 2.24) is 24.4 Å². The van der Waals surface area contributed by atoms with Crippen molar-refractivity contribution in [2.24, 2.45) is 0 Å². The first-order chi connectivity index (χ1) is 17.4. The SMILES string of the molecule is CCn1c(Oc2cccc(N3CCN(C)CC3)c2)nnc1[C@@H](C)NS(=O)(=O)c1cc(C)oc1C(F)(F)F. The van der Waals surface area contributed by atoms with E-state index in [0.29, 0.717) is 12.3 Å². The fourth-order valence-electron chi connectivity index (χ4n) is 4.14. The number of nitrogens with zero attached hydrogens (tertiary/aromatic N) is 5. The molecule has 14 heteroatoms. The molecule has 0 bridgehead atoms. The number of sulfonamides is 1. The van der Waals surface area contributed by atoms with E-state index < -0.39 is 32.9 Å². The van der Waals surface area contributed by atoms with Crippen LogP contribution in [0, 0.1) is 6.92 Å². The van der Waals surface area contributed by atoms with Gasteiger partial charge in [0.1, 0.15) is 16.4 Å². The third-order valence-electron chi connectivity index (χ3n) is 6.04. The molecule has 0 unspecified atom stereocenters. The van der Waals surface area contributed by atoms with Gasteiger partial charge in [0.15, 0.2) is 5.82 Å². The fourth-order valence-corrected chi connectivity index (χ4v) is 5.56. The number of likely N-dealkylation sites (N-methyl/N-ethyl adjacent to an activating group) is 1. The number of aryl methyl sites for hydroxylation is 1. The van der Waals surface area contributed by atoms with Gasteiger partial charge in [-0.2, -0.15) is 13.2 Å². The van der Waals surface area contributed by atoms with E-state index in [0.717, 1.165) is 37.9 Å². The molecule has 10 nitrogen and oxygen atoms in total. The smallest absolute Gasteiger partial charge is 0.450 e. The summed E-state index contributed by atoms with van der Waals surface area (Å²) in [5.41, 5.74) is 1.00. The van der Waals surface area contributed by atoms with Gasteiger partial charge in [0.05, 0.1) is 6.04 Å². The number of rotatable bonds is 8. The van der Waals surface area contributed by atoms with Crippen molar-refractivity contribution >= 4 is 15.7 Å². The van der Waals surface area contributed by atoms with E-state index >= 15 is 0 Å². The van der Waals surface area contributed by atoms with E-state index in [-0.39, 0.29) is 17.6 Å². The topological polar surface area (TPSA) is 106 Å². The molecule has 37 heavy (non-hydrogen) atoms. The Morgan fingerprint density at radius 2 is 1.86 bits per heavy atom. The van der Waals surface area contributed by atoms with Gasteiger partial charge in [-0.1, -0.05) is 11.2 Å². The Balaban J connectivity index is 1.54. The Kier molecular flexibility index (Phi) is 7.53. The minimum Gasteiger partial charge on any atom is -0.455 e. The van der Waals surface area contributed by atoms with Crippen LogP contribution in [0.3, 0.4) is 0 Å². The Labute approximate surface area is 213 Å². The van der Waals surface area contributed by atoms with Crippen molar-refractivity contribution in [3.8, 4) is 11.8 Å². The third-order valence-corrected chi connectivity index (χ3v) is 7.59. The van der Waals surface area contributed by atoms with Crippen LogP contribution in [0.4, 0.5) is 18.9 Å². The zero-order chi connectivity index (χ0) is 27.0. The molecule has 1 aliphatic heterocycles. The number of alkyl halides is 3. The van der Waals surface area contributed by atoms with E-state index in [2.05, 4.69) is 36.2 Å². The van der Waals surface area contributed by atoms with Gasteiger partial charge in [-0.25, -0.2) is 13.1 Å². The molecule has 1 atom stereocenters. The highest BCUT2D eigenvalue weighted by Crippen LogP contribution is 2.37. The first-order valence-corrected chi connectivity index (χ1v) is 13.2. The number of hydrogen-bond donors (Lipinski definition) is 1. The molecule has 3 heterocycles. The van der Waals surface area contributed by atoms with Crippen molar-refractivity contribution in [3.63, 3.8) is 0 Å². The monoisotopic (exact) mass is 542 g/mol. The molecule has 1 fully saturated rings. The summed E-state index contributed by atoms with van der Waals surface area (Å²) in [5.74, 6) is -1.04. The zero-order valence-corrected chi connectivity index (χ0v) is 21.7. The summed E-state index contributed by atoms with van der Waals surface area (Å²) in [5, 5.41) is 8.11. The number of ether oxygens (including phenoxy) is 1. The van der Waals surface area contributed by atoms with E-state index in [9.17, 15) is 21.6 Å². The Morgan fingerprint density at radius 1 is 1.16 bits per heavy atom. The summed E-state index contributed by atoms with van der Waals surface area (Å²) < 4.78 is 80.0. The molecular formula is C23H29F3N6O4S. The van der Waals surface area contributed by atoms with Crippen LogP contribution in [0.1, 0.15) is 37.2 Å². The van der Waals surface area contributed by atoms with Crippen LogP contribution < -0.4 is 14.4 Å². The maximum absolute atomic E-state index is 13.3. The molecule has 3 aromatic rings. The number of aromatic nitrogens is 3. The molecule has 2 aromatic heterocycles. The summed E-state index contributed by atoms with van der Waals surface area (Å²) in [6.07, 6.45) is -4.97. The molecule has 0 aliphatic carbocycles.